The number of aromatic nitrogens is 4. The third kappa shape index (κ3) is 5.11. The minimum absolute atomic E-state index is 0.0472. The van der Waals surface area contributed by atoms with Gasteiger partial charge in [-0.25, -0.2) is 0 Å². The molecule has 2 amide bonds. The molecule has 0 unspecified atom stereocenters. The van der Waals surface area contributed by atoms with E-state index in [2.05, 4.69) is 31.0 Å². The average molecular weight is 423 g/mol. The molecule has 10 heteroatoms. The average Bonchev–Trinajstić information content (AvgIpc) is 3.31. The summed E-state index contributed by atoms with van der Waals surface area (Å²) in [5.74, 6) is 0.337. The standard InChI is InChI=1S/C18H26N6O2S2/c1-9(2)13(25)19-17-23-21-15(27-17)11-6-5-7-12(8-11)16-22-24-18(28-16)20-14(26)10(3)4/h9-12H,5-8H2,1-4H3,(H,19,23,25)(H,20,24,26)/t11-,12-/m1/s1. The number of nitrogens with zero attached hydrogens (tertiary/aromatic N) is 4. The number of hydrogen-bond acceptors (Lipinski definition) is 8. The number of rotatable bonds is 6. The molecule has 0 aliphatic heterocycles. The fraction of sp³-hybridized carbons (Fsp3) is 0.667. The van der Waals surface area contributed by atoms with Gasteiger partial charge in [-0.05, 0) is 19.3 Å². The zero-order chi connectivity index (χ0) is 20.3. The quantitative estimate of drug-likeness (QED) is 0.727. The van der Waals surface area contributed by atoms with E-state index in [0.717, 1.165) is 35.7 Å². The molecule has 2 N–H and O–H groups in total. The Morgan fingerprint density at radius 3 is 1.64 bits per heavy atom. The first-order chi connectivity index (χ1) is 13.3. The molecule has 2 atom stereocenters. The summed E-state index contributed by atoms with van der Waals surface area (Å²) in [6, 6.07) is 0. The van der Waals surface area contributed by atoms with Gasteiger partial charge in [-0.1, -0.05) is 56.8 Å². The van der Waals surface area contributed by atoms with Crippen LogP contribution >= 0.6 is 22.7 Å². The van der Waals surface area contributed by atoms with Crippen LogP contribution in [0.1, 0.15) is 75.2 Å². The SMILES string of the molecule is CC(C)C(=O)Nc1nnc([C@@H]2CCC[C@@H](c3nnc(NC(=O)C(C)C)s3)C2)s1. The van der Waals surface area contributed by atoms with Crippen LogP contribution in [0.2, 0.25) is 0 Å². The van der Waals surface area contributed by atoms with Crippen molar-refractivity contribution in [2.24, 2.45) is 11.8 Å². The van der Waals surface area contributed by atoms with E-state index >= 15 is 0 Å². The minimum Gasteiger partial charge on any atom is -0.300 e. The van der Waals surface area contributed by atoms with Crippen molar-refractivity contribution in [3.05, 3.63) is 10.0 Å². The van der Waals surface area contributed by atoms with Crippen LogP contribution in [-0.4, -0.2) is 32.2 Å². The van der Waals surface area contributed by atoms with Crippen LogP contribution in [-0.2, 0) is 9.59 Å². The number of hydrogen-bond donors (Lipinski definition) is 2. The van der Waals surface area contributed by atoms with E-state index in [1.807, 2.05) is 27.7 Å². The number of amides is 2. The highest BCUT2D eigenvalue weighted by Crippen LogP contribution is 2.43. The molecule has 2 aromatic heterocycles. The first-order valence-electron chi connectivity index (χ1n) is 9.62. The highest BCUT2D eigenvalue weighted by molar-refractivity contribution is 7.15. The normalized spacial score (nSPS) is 19.8. The molecule has 1 fully saturated rings. The summed E-state index contributed by atoms with van der Waals surface area (Å²) in [6.07, 6.45) is 4.12. The van der Waals surface area contributed by atoms with Gasteiger partial charge in [-0.3, -0.25) is 9.59 Å². The fourth-order valence-electron chi connectivity index (χ4n) is 3.04. The third-order valence-corrected chi connectivity index (χ3v) is 6.77. The van der Waals surface area contributed by atoms with Crippen molar-refractivity contribution < 1.29 is 9.59 Å². The second-order valence-electron chi connectivity index (χ2n) is 7.74. The van der Waals surface area contributed by atoms with Gasteiger partial charge in [0.1, 0.15) is 10.0 Å². The Balaban J connectivity index is 1.63. The van der Waals surface area contributed by atoms with Crippen LogP contribution in [0.5, 0.6) is 0 Å². The van der Waals surface area contributed by atoms with Gasteiger partial charge in [0.05, 0.1) is 0 Å². The van der Waals surface area contributed by atoms with Crippen molar-refractivity contribution in [2.45, 2.75) is 65.2 Å². The molecule has 0 aromatic carbocycles. The zero-order valence-electron chi connectivity index (χ0n) is 16.6. The predicted molar refractivity (Wildman–Crippen MR) is 111 cm³/mol. The largest absolute Gasteiger partial charge is 0.300 e. The highest BCUT2D eigenvalue weighted by Gasteiger charge is 2.29. The Morgan fingerprint density at radius 2 is 1.25 bits per heavy atom. The van der Waals surface area contributed by atoms with Crippen molar-refractivity contribution >= 4 is 44.8 Å². The number of anilines is 2. The Hall–Kier alpha value is -1.94. The predicted octanol–water partition coefficient (Wildman–Crippen LogP) is 4.02. The van der Waals surface area contributed by atoms with Crippen LogP contribution in [0.4, 0.5) is 10.3 Å². The first kappa shape index (κ1) is 20.8. The third-order valence-electron chi connectivity index (χ3n) is 4.76. The van der Waals surface area contributed by atoms with E-state index in [0.29, 0.717) is 22.1 Å². The van der Waals surface area contributed by atoms with Gasteiger partial charge >= 0.3 is 0 Å². The Morgan fingerprint density at radius 1 is 0.821 bits per heavy atom. The Bertz CT molecular complexity index is 765. The van der Waals surface area contributed by atoms with Crippen LogP contribution in [0.25, 0.3) is 0 Å². The number of carbonyl (C=O) groups is 2. The van der Waals surface area contributed by atoms with Crippen molar-refractivity contribution in [3.63, 3.8) is 0 Å². The summed E-state index contributed by atoms with van der Waals surface area (Å²) in [5, 5.41) is 25.6. The lowest BCUT2D eigenvalue weighted by atomic mass is 9.82. The monoisotopic (exact) mass is 422 g/mol. The lowest BCUT2D eigenvalue weighted by Crippen LogP contribution is -2.17. The summed E-state index contributed by atoms with van der Waals surface area (Å²) >= 11 is 2.91. The molecule has 1 aliphatic carbocycles. The van der Waals surface area contributed by atoms with Gasteiger partial charge in [0.2, 0.25) is 22.1 Å². The first-order valence-corrected chi connectivity index (χ1v) is 11.2. The Kier molecular flexibility index (Phi) is 6.71. The molecule has 2 heterocycles. The maximum Gasteiger partial charge on any atom is 0.228 e. The number of carbonyl (C=O) groups excluding carboxylic acids is 2. The molecule has 28 heavy (non-hydrogen) atoms. The topological polar surface area (TPSA) is 110 Å². The molecular formula is C18H26N6O2S2. The summed E-state index contributed by atoms with van der Waals surface area (Å²) in [6.45, 7) is 7.40. The van der Waals surface area contributed by atoms with E-state index in [-0.39, 0.29) is 23.7 Å². The van der Waals surface area contributed by atoms with Crippen LogP contribution in [0.15, 0.2) is 0 Å². The molecule has 2 aromatic rings. The van der Waals surface area contributed by atoms with E-state index in [1.54, 1.807) is 0 Å². The molecule has 152 valence electrons. The molecule has 1 saturated carbocycles. The van der Waals surface area contributed by atoms with Gasteiger partial charge in [0, 0.05) is 23.7 Å². The zero-order valence-corrected chi connectivity index (χ0v) is 18.2. The van der Waals surface area contributed by atoms with Crippen LogP contribution in [0.3, 0.4) is 0 Å². The summed E-state index contributed by atoms with van der Waals surface area (Å²) in [4.78, 5) is 23.7. The summed E-state index contributed by atoms with van der Waals surface area (Å²) in [7, 11) is 0. The molecule has 0 radical (unpaired) electrons. The summed E-state index contributed by atoms with van der Waals surface area (Å²) in [5.41, 5.74) is 0. The second kappa shape index (κ2) is 9.04. The van der Waals surface area contributed by atoms with Gasteiger partial charge < -0.3 is 10.6 Å². The molecule has 0 saturated heterocycles. The van der Waals surface area contributed by atoms with Gasteiger partial charge in [-0.15, -0.1) is 20.4 Å². The van der Waals surface area contributed by atoms with E-state index in [1.165, 1.54) is 22.7 Å². The van der Waals surface area contributed by atoms with Crippen molar-refractivity contribution in [2.75, 3.05) is 10.6 Å². The van der Waals surface area contributed by atoms with Crippen molar-refractivity contribution in [3.8, 4) is 0 Å². The van der Waals surface area contributed by atoms with Gasteiger partial charge in [-0.2, -0.15) is 0 Å². The molecule has 0 spiro atoms. The lowest BCUT2D eigenvalue weighted by Gasteiger charge is -2.25. The minimum atomic E-state index is -0.0887. The van der Waals surface area contributed by atoms with Crippen LogP contribution < -0.4 is 10.6 Å². The molecule has 1 aliphatic rings. The van der Waals surface area contributed by atoms with Crippen molar-refractivity contribution in [1.29, 1.82) is 0 Å². The smallest absolute Gasteiger partial charge is 0.228 e. The van der Waals surface area contributed by atoms with E-state index in [9.17, 15) is 9.59 Å². The van der Waals surface area contributed by atoms with E-state index < -0.39 is 0 Å². The maximum atomic E-state index is 11.8. The second-order valence-corrected chi connectivity index (χ2v) is 9.76. The maximum absolute atomic E-state index is 11.8. The van der Waals surface area contributed by atoms with Gasteiger partial charge in [0.25, 0.3) is 0 Å². The molecule has 8 nitrogen and oxygen atoms in total. The molecule has 0 bridgehead atoms. The Labute approximate surface area is 172 Å². The number of nitrogens with one attached hydrogen (secondary N) is 2. The lowest BCUT2D eigenvalue weighted by molar-refractivity contribution is -0.119. The highest BCUT2D eigenvalue weighted by atomic mass is 32.1. The van der Waals surface area contributed by atoms with Crippen LogP contribution in [0, 0.1) is 11.8 Å². The fourth-order valence-corrected chi connectivity index (χ4v) is 4.83. The van der Waals surface area contributed by atoms with E-state index in [4.69, 9.17) is 0 Å². The van der Waals surface area contributed by atoms with Crippen molar-refractivity contribution in [1.82, 2.24) is 20.4 Å². The van der Waals surface area contributed by atoms with Gasteiger partial charge in [0.15, 0.2) is 0 Å². The summed E-state index contributed by atoms with van der Waals surface area (Å²) < 4.78 is 0. The molecular weight excluding hydrogens is 396 g/mol. The molecule has 3 rings (SSSR count).